The molecule has 0 bridgehead atoms. The first-order valence-electron chi connectivity index (χ1n) is 7.21. The Bertz CT molecular complexity index is 421. The molecule has 0 atom stereocenters. The number of piperazine rings is 1. The second kappa shape index (κ2) is 6.06. The van der Waals surface area contributed by atoms with E-state index in [4.69, 9.17) is 0 Å². The summed E-state index contributed by atoms with van der Waals surface area (Å²) in [4.78, 5) is 9.49. The zero-order valence-electron chi connectivity index (χ0n) is 11.4. The van der Waals surface area contributed by atoms with E-state index in [2.05, 4.69) is 50.4 Å². The van der Waals surface area contributed by atoms with Gasteiger partial charge in [-0.3, -0.25) is 9.89 Å². The molecule has 1 saturated heterocycles. The Labute approximate surface area is 115 Å². The lowest BCUT2D eigenvalue weighted by atomic mass is 10.2. The molecular formula is C15H22N4. The maximum absolute atomic E-state index is 4.58. The smallest absolute Gasteiger partial charge is 0.194 e. The number of guanidine groups is 1. The maximum atomic E-state index is 4.58. The molecule has 0 spiro atoms. The summed E-state index contributed by atoms with van der Waals surface area (Å²) in [5.74, 6) is 1.12. The molecule has 1 fully saturated rings. The minimum atomic E-state index is 0.979. The van der Waals surface area contributed by atoms with Crippen molar-refractivity contribution in [2.75, 3.05) is 39.3 Å². The van der Waals surface area contributed by atoms with E-state index in [1.165, 1.54) is 5.56 Å². The van der Waals surface area contributed by atoms with Gasteiger partial charge in [-0.2, -0.15) is 0 Å². The van der Waals surface area contributed by atoms with Crippen LogP contribution in [0.15, 0.2) is 35.3 Å². The molecule has 1 aromatic rings. The molecule has 2 heterocycles. The van der Waals surface area contributed by atoms with Gasteiger partial charge in [0.05, 0.1) is 0 Å². The van der Waals surface area contributed by atoms with Gasteiger partial charge in [-0.25, -0.2) is 0 Å². The van der Waals surface area contributed by atoms with E-state index in [-0.39, 0.29) is 0 Å². The minimum absolute atomic E-state index is 0.979. The third kappa shape index (κ3) is 3.26. The van der Waals surface area contributed by atoms with Crippen LogP contribution in [0.1, 0.15) is 12.0 Å². The molecule has 4 nitrogen and oxygen atoms in total. The van der Waals surface area contributed by atoms with Crippen LogP contribution in [0.25, 0.3) is 0 Å². The minimum Gasteiger partial charge on any atom is -0.356 e. The predicted molar refractivity (Wildman–Crippen MR) is 78.2 cm³/mol. The Hall–Kier alpha value is -1.55. The van der Waals surface area contributed by atoms with Gasteiger partial charge in [-0.05, 0) is 12.0 Å². The molecule has 0 unspecified atom stereocenters. The molecule has 3 rings (SSSR count). The average molecular weight is 258 g/mol. The first-order valence-corrected chi connectivity index (χ1v) is 7.21. The molecule has 0 aromatic heterocycles. The Balaban J connectivity index is 1.51. The molecule has 2 aliphatic heterocycles. The Kier molecular flexibility index (Phi) is 3.98. The van der Waals surface area contributed by atoms with Crippen LogP contribution in [-0.2, 0) is 6.54 Å². The monoisotopic (exact) mass is 258 g/mol. The zero-order valence-corrected chi connectivity index (χ0v) is 11.4. The van der Waals surface area contributed by atoms with Crippen LogP contribution in [0.2, 0.25) is 0 Å². The fourth-order valence-corrected chi connectivity index (χ4v) is 2.69. The highest BCUT2D eigenvalue weighted by Crippen LogP contribution is 2.09. The van der Waals surface area contributed by atoms with Gasteiger partial charge in [-0.15, -0.1) is 0 Å². The van der Waals surface area contributed by atoms with Crippen LogP contribution < -0.4 is 5.32 Å². The summed E-state index contributed by atoms with van der Waals surface area (Å²) in [6.45, 7) is 7.52. The second-order valence-electron chi connectivity index (χ2n) is 5.23. The van der Waals surface area contributed by atoms with E-state index in [0.29, 0.717) is 0 Å². The number of benzene rings is 1. The van der Waals surface area contributed by atoms with E-state index in [0.717, 1.165) is 58.2 Å². The molecule has 102 valence electrons. The maximum Gasteiger partial charge on any atom is 0.194 e. The first-order chi connectivity index (χ1) is 9.42. The summed E-state index contributed by atoms with van der Waals surface area (Å²) in [5, 5.41) is 3.41. The van der Waals surface area contributed by atoms with Crippen molar-refractivity contribution in [2.45, 2.75) is 13.0 Å². The van der Waals surface area contributed by atoms with Gasteiger partial charge in [0.1, 0.15) is 0 Å². The SMILES string of the molecule is c1ccc(CN2CCN(C3=NCCCN3)CC2)cc1. The molecule has 0 amide bonds. The van der Waals surface area contributed by atoms with Crippen molar-refractivity contribution in [1.29, 1.82) is 0 Å². The van der Waals surface area contributed by atoms with Crippen LogP contribution in [0.3, 0.4) is 0 Å². The lowest BCUT2D eigenvalue weighted by molar-refractivity contribution is 0.172. The second-order valence-corrected chi connectivity index (χ2v) is 5.23. The lowest BCUT2D eigenvalue weighted by Crippen LogP contribution is -2.53. The number of hydrogen-bond acceptors (Lipinski definition) is 4. The summed E-state index contributed by atoms with van der Waals surface area (Å²) >= 11 is 0. The summed E-state index contributed by atoms with van der Waals surface area (Å²) < 4.78 is 0. The highest BCUT2D eigenvalue weighted by atomic mass is 15.3. The molecule has 0 saturated carbocycles. The molecule has 1 aromatic carbocycles. The average Bonchev–Trinajstić information content (AvgIpc) is 2.50. The third-order valence-electron chi connectivity index (χ3n) is 3.80. The normalized spacial score (nSPS) is 20.8. The Morgan fingerprint density at radius 1 is 1.05 bits per heavy atom. The quantitative estimate of drug-likeness (QED) is 0.863. The van der Waals surface area contributed by atoms with E-state index in [1.54, 1.807) is 0 Å². The molecule has 2 aliphatic rings. The van der Waals surface area contributed by atoms with E-state index in [9.17, 15) is 0 Å². The summed E-state index contributed by atoms with van der Waals surface area (Å²) in [6.07, 6.45) is 1.16. The third-order valence-corrected chi connectivity index (χ3v) is 3.80. The van der Waals surface area contributed by atoms with Crippen LogP contribution >= 0.6 is 0 Å². The van der Waals surface area contributed by atoms with Crippen molar-refractivity contribution >= 4 is 5.96 Å². The Morgan fingerprint density at radius 2 is 1.84 bits per heavy atom. The number of aliphatic imine (C=N–C) groups is 1. The summed E-state index contributed by atoms with van der Waals surface area (Å²) in [5.41, 5.74) is 1.41. The number of nitrogens with zero attached hydrogens (tertiary/aromatic N) is 3. The molecule has 0 aliphatic carbocycles. The molecule has 1 N–H and O–H groups in total. The van der Waals surface area contributed by atoms with Crippen LogP contribution in [-0.4, -0.2) is 55.0 Å². The molecule has 4 heteroatoms. The van der Waals surface area contributed by atoms with Crippen molar-refractivity contribution in [3.05, 3.63) is 35.9 Å². The van der Waals surface area contributed by atoms with Gasteiger partial charge in [0.15, 0.2) is 5.96 Å². The first kappa shape index (κ1) is 12.5. The topological polar surface area (TPSA) is 30.9 Å². The van der Waals surface area contributed by atoms with Crippen LogP contribution in [0, 0.1) is 0 Å². The molecule has 0 radical (unpaired) electrons. The number of rotatable bonds is 2. The van der Waals surface area contributed by atoms with Crippen molar-refractivity contribution in [2.24, 2.45) is 4.99 Å². The van der Waals surface area contributed by atoms with Crippen molar-refractivity contribution in [1.82, 2.24) is 15.1 Å². The van der Waals surface area contributed by atoms with E-state index < -0.39 is 0 Å². The highest BCUT2D eigenvalue weighted by molar-refractivity contribution is 5.80. The van der Waals surface area contributed by atoms with Gasteiger partial charge >= 0.3 is 0 Å². The van der Waals surface area contributed by atoms with E-state index in [1.807, 2.05) is 0 Å². The summed E-state index contributed by atoms with van der Waals surface area (Å²) in [6, 6.07) is 10.7. The van der Waals surface area contributed by atoms with Crippen molar-refractivity contribution < 1.29 is 0 Å². The van der Waals surface area contributed by atoms with E-state index >= 15 is 0 Å². The Morgan fingerprint density at radius 3 is 2.53 bits per heavy atom. The van der Waals surface area contributed by atoms with Gasteiger partial charge in [0.25, 0.3) is 0 Å². The van der Waals surface area contributed by atoms with Crippen LogP contribution in [0.4, 0.5) is 0 Å². The standard InChI is InChI=1S/C15H22N4/c1-2-5-14(6-3-1)13-18-9-11-19(12-10-18)15-16-7-4-8-17-15/h1-3,5-6H,4,7-13H2,(H,16,17). The van der Waals surface area contributed by atoms with Crippen molar-refractivity contribution in [3.63, 3.8) is 0 Å². The zero-order chi connectivity index (χ0) is 12.9. The molecular weight excluding hydrogens is 236 g/mol. The van der Waals surface area contributed by atoms with Gasteiger partial charge in [-0.1, -0.05) is 30.3 Å². The van der Waals surface area contributed by atoms with Crippen molar-refractivity contribution in [3.8, 4) is 0 Å². The van der Waals surface area contributed by atoms with Gasteiger partial charge < -0.3 is 10.2 Å². The fraction of sp³-hybridized carbons (Fsp3) is 0.533. The lowest BCUT2D eigenvalue weighted by Gasteiger charge is -2.37. The highest BCUT2D eigenvalue weighted by Gasteiger charge is 2.20. The predicted octanol–water partition coefficient (Wildman–Crippen LogP) is 1.15. The summed E-state index contributed by atoms with van der Waals surface area (Å²) in [7, 11) is 0. The number of hydrogen-bond donors (Lipinski definition) is 1. The fourth-order valence-electron chi connectivity index (χ4n) is 2.69. The van der Waals surface area contributed by atoms with Crippen LogP contribution in [0.5, 0.6) is 0 Å². The van der Waals surface area contributed by atoms with Gasteiger partial charge in [0.2, 0.25) is 0 Å². The molecule has 19 heavy (non-hydrogen) atoms. The number of nitrogens with one attached hydrogen (secondary N) is 1. The van der Waals surface area contributed by atoms with Gasteiger partial charge in [0, 0.05) is 45.8 Å². The largest absolute Gasteiger partial charge is 0.356 e.